The molecule has 1 heterocycles. The van der Waals surface area contributed by atoms with Gasteiger partial charge in [0.1, 0.15) is 0 Å². The minimum Gasteiger partial charge on any atom is -0.481 e. The van der Waals surface area contributed by atoms with Crippen molar-refractivity contribution in [1.29, 1.82) is 0 Å². The van der Waals surface area contributed by atoms with Crippen molar-refractivity contribution in [3.05, 3.63) is 65.2 Å². The van der Waals surface area contributed by atoms with Gasteiger partial charge in [0, 0.05) is 22.2 Å². The monoisotopic (exact) mass is 312 g/mol. The number of carbonyl (C=O) groups excluding carboxylic acids is 1. The lowest BCUT2D eigenvalue weighted by molar-refractivity contribution is 0.102. The van der Waals surface area contributed by atoms with Gasteiger partial charge in [0.2, 0.25) is 5.88 Å². The Balaban J connectivity index is 2.01. The third-order valence-corrected chi connectivity index (χ3v) is 3.50. The normalized spacial score (nSPS) is 10.5. The van der Waals surface area contributed by atoms with E-state index in [4.69, 9.17) is 16.3 Å². The molecule has 0 saturated carbocycles. The molecule has 2 aromatic carbocycles. The summed E-state index contributed by atoms with van der Waals surface area (Å²) in [6.07, 6.45) is 0. The van der Waals surface area contributed by atoms with Crippen molar-refractivity contribution in [2.24, 2.45) is 0 Å². The zero-order chi connectivity index (χ0) is 15.5. The smallest absolute Gasteiger partial charge is 0.256 e. The topological polar surface area (TPSA) is 51.2 Å². The van der Waals surface area contributed by atoms with Crippen LogP contribution in [-0.2, 0) is 0 Å². The number of benzene rings is 2. The van der Waals surface area contributed by atoms with Crippen molar-refractivity contribution in [2.75, 3.05) is 12.4 Å². The Labute approximate surface area is 132 Å². The largest absolute Gasteiger partial charge is 0.481 e. The first kappa shape index (κ1) is 14.4. The molecule has 0 aliphatic carbocycles. The molecule has 1 N–H and O–H groups in total. The van der Waals surface area contributed by atoms with E-state index in [0.717, 1.165) is 5.39 Å². The van der Waals surface area contributed by atoms with E-state index in [-0.39, 0.29) is 5.91 Å². The number of amides is 1. The van der Waals surface area contributed by atoms with Crippen molar-refractivity contribution >= 4 is 34.1 Å². The highest BCUT2D eigenvalue weighted by Crippen LogP contribution is 2.23. The molecular formula is C17H13ClN2O2. The summed E-state index contributed by atoms with van der Waals surface area (Å²) in [5.74, 6) is 0.180. The van der Waals surface area contributed by atoms with E-state index in [1.54, 1.807) is 30.3 Å². The Morgan fingerprint density at radius 2 is 1.86 bits per heavy atom. The van der Waals surface area contributed by atoms with Crippen LogP contribution in [0, 0.1) is 0 Å². The van der Waals surface area contributed by atoms with Gasteiger partial charge in [-0.2, -0.15) is 0 Å². The molecule has 22 heavy (non-hydrogen) atoms. The molecule has 0 aliphatic heterocycles. The Kier molecular flexibility index (Phi) is 3.94. The fourth-order valence-electron chi connectivity index (χ4n) is 2.18. The Bertz CT molecular complexity index is 832. The van der Waals surface area contributed by atoms with Crippen molar-refractivity contribution < 1.29 is 9.53 Å². The minimum absolute atomic E-state index is 0.223. The molecule has 0 saturated heterocycles. The van der Waals surface area contributed by atoms with E-state index in [0.29, 0.717) is 27.7 Å². The van der Waals surface area contributed by atoms with E-state index in [1.165, 1.54) is 7.11 Å². The number of hydrogen-bond donors (Lipinski definition) is 1. The average Bonchev–Trinajstić information content (AvgIpc) is 2.55. The van der Waals surface area contributed by atoms with Gasteiger partial charge in [-0.15, -0.1) is 0 Å². The van der Waals surface area contributed by atoms with Gasteiger partial charge in [0.25, 0.3) is 5.91 Å². The van der Waals surface area contributed by atoms with Gasteiger partial charge >= 0.3 is 0 Å². The van der Waals surface area contributed by atoms with Gasteiger partial charge in [-0.1, -0.05) is 29.8 Å². The van der Waals surface area contributed by atoms with Gasteiger partial charge in [0.05, 0.1) is 18.2 Å². The first-order valence-corrected chi connectivity index (χ1v) is 7.06. The van der Waals surface area contributed by atoms with Crippen LogP contribution in [0.2, 0.25) is 5.02 Å². The number of anilines is 1. The lowest BCUT2D eigenvalue weighted by atomic mass is 10.1. The van der Waals surface area contributed by atoms with Crippen LogP contribution in [0.15, 0.2) is 54.6 Å². The zero-order valence-corrected chi connectivity index (χ0v) is 12.6. The zero-order valence-electron chi connectivity index (χ0n) is 11.8. The van der Waals surface area contributed by atoms with Crippen LogP contribution < -0.4 is 10.1 Å². The van der Waals surface area contributed by atoms with Gasteiger partial charge in [-0.05, 0) is 30.3 Å². The van der Waals surface area contributed by atoms with Crippen molar-refractivity contribution in [3.8, 4) is 5.88 Å². The summed E-state index contributed by atoms with van der Waals surface area (Å²) in [6, 6.07) is 16.0. The number of para-hydroxylation sites is 1. The van der Waals surface area contributed by atoms with Crippen molar-refractivity contribution in [2.45, 2.75) is 0 Å². The maximum absolute atomic E-state index is 12.6. The van der Waals surface area contributed by atoms with Crippen LogP contribution >= 0.6 is 11.6 Å². The summed E-state index contributed by atoms with van der Waals surface area (Å²) in [6.45, 7) is 0. The Morgan fingerprint density at radius 3 is 2.59 bits per heavy atom. The number of nitrogens with one attached hydrogen (secondary N) is 1. The number of pyridine rings is 1. The number of fused-ring (bicyclic) bond motifs is 1. The van der Waals surface area contributed by atoms with Crippen LogP contribution in [0.25, 0.3) is 10.9 Å². The summed E-state index contributed by atoms with van der Waals surface area (Å²) in [4.78, 5) is 16.9. The Hall–Kier alpha value is -2.59. The Morgan fingerprint density at radius 1 is 1.14 bits per heavy atom. The first-order chi connectivity index (χ1) is 10.7. The molecule has 5 heteroatoms. The second kappa shape index (κ2) is 6.03. The van der Waals surface area contributed by atoms with Crippen LogP contribution in [0.3, 0.4) is 0 Å². The number of rotatable bonds is 3. The second-order valence-corrected chi connectivity index (χ2v) is 5.13. The molecule has 3 aromatic rings. The maximum atomic E-state index is 12.6. The van der Waals surface area contributed by atoms with E-state index in [2.05, 4.69) is 10.3 Å². The molecule has 0 bridgehead atoms. The van der Waals surface area contributed by atoms with E-state index >= 15 is 0 Å². The lowest BCUT2D eigenvalue weighted by Gasteiger charge is -2.10. The van der Waals surface area contributed by atoms with Gasteiger partial charge in [-0.25, -0.2) is 4.98 Å². The molecule has 0 atom stereocenters. The van der Waals surface area contributed by atoms with Crippen LogP contribution in [0.4, 0.5) is 5.69 Å². The highest BCUT2D eigenvalue weighted by atomic mass is 35.5. The number of halogens is 1. The van der Waals surface area contributed by atoms with Crippen LogP contribution in [0.1, 0.15) is 10.4 Å². The first-order valence-electron chi connectivity index (χ1n) is 6.68. The molecule has 4 nitrogen and oxygen atoms in total. The summed E-state index contributed by atoms with van der Waals surface area (Å²) in [5.41, 5.74) is 1.90. The molecule has 110 valence electrons. The third kappa shape index (κ3) is 2.87. The van der Waals surface area contributed by atoms with Crippen molar-refractivity contribution in [3.63, 3.8) is 0 Å². The number of methoxy groups -OCH3 is 1. The van der Waals surface area contributed by atoms with E-state index in [1.807, 2.05) is 24.3 Å². The summed E-state index contributed by atoms with van der Waals surface area (Å²) < 4.78 is 5.17. The van der Waals surface area contributed by atoms with Gasteiger partial charge < -0.3 is 10.1 Å². The SMILES string of the molecule is COc1cc(C(=O)Nc2ccc(Cl)cc2)c2ccccc2n1. The molecule has 3 rings (SSSR count). The molecule has 1 amide bonds. The summed E-state index contributed by atoms with van der Waals surface area (Å²) in [7, 11) is 1.53. The molecule has 0 radical (unpaired) electrons. The van der Waals surface area contributed by atoms with E-state index < -0.39 is 0 Å². The fourth-order valence-corrected chi connectivity index (χ4v) is 2.30. The third-order valence-electron chi connectivity index (χ3n) is 3.25. The number of aromatic nitrogens is 1. The molecule has 0 unspecified atom stereocenters. The number of ether oxygens (including phenoxy) is 1. The number of nitrogens with zero attached hydrogens (tertiary/aromatic N) is 1. The molecule has 0 aliphatic rings. The quantitative estimate of drug-likeness (QED) is 0.790. The average molecular weight is 313 g/mol. The van der Waals surface area contributed by atoms with Crippen LogP contribution in [0.5, 0.6) is 5.88 Å². The minimum atomic E-state index is -0.223. The summed E-state index contributed by atoms with van der Waals surface area (Å²) in [5, 5.41) is 4.24. The maximum Gasteiger partial charge on any atom is 0.256 e. The van der Waals surface area contributed by atoms with E-state index in [9.17, 15) is 4.79 Å². The fraction of sp³-hybridized carbons (Fsp3) is 0.0588. The summed E-state index contributed by atoms with van der Waals surface area (Å²) >= 11 is 5.85. The van der Waals surface area contributed by atoms with Crippen molar-refractivity contribution in [1.82, 2.24) is 4.98 Å². The molecule has 0 spiro atoms. The predicted octanol–water partition coefficient (Wildman–Crippen LogP) is 4.15. The highest BCUT2D eigenvalue weighted by Gasteiger charge is 2.13. The highest BCUT2D eigenvalue weighted by molar-refractivity contribution is 6.30. The molecule has 0 fully saturated rings. The standard InChI is InChI=1S/C17H13ClN2O2/c1-22-16-10-14(13-4-2-3-5-15(13)20-16)17(21)19-12-8-6-11(18)7-9-12/h2-10H,1H3,(H,19,21). The number of carbonyl (C=O) groups is 1. The molecule has 1 aromatic heterocycles. The molecular weight excluding hydrogens is 300 g/mol. The number of hydrogen-bond acceptors (Lipinski definition) is 3. The lowest BCUT2D eigenvalue weighted by Crippen LogP contribution is -2.13. The second-order valence-electron chi connectivity index (χ2n) is 4.69. The predicted molar refractivity (Wildman–Crippen MR) is 87.7 cm³/mol. The van der Waals surface area contributed by atoms with Gasteiger partial charge in [-0.3, -0.25) is 4.79 Å². The van der Waals surface area contributed by atoms with Gasteiger partial charge in [0.15, 0.2) is 0 Å². The van der Waals surface area contributed by atoms with Crippen LogP contribution in [-0.4, -0.2) is 18.0 Å².